The molecule has 4 N–H and O–H groups in total. The maximum atomic E-state index is 7.80. The maximum Gasteiger partial charge on any atom is 0.113 e. The molecule has 28 heavy (non-hydrogen) atoms. The third-order valence-electron chi connectivity index (χ3n) is 6.73. The van der Waals surface area contributed by atoms with Gasteiger partial charge in [-0.3, -0.25) is 16.0 Å². The number of nitrogens with zero attached hydrogens (tertiary/aromatic N) is 1. The maximum absolute atomic E-state index is 7.80. The van der Waals surface area contributed by atoms with Gasteiger partial charge in [-0.25, -0.2) is 0 Å². The molecule has 7 heteroatoms. The molecule has 7 nitrogen and oxygen atoms in total. The Balaban J connectivity index is 1.45. The summed E-state index contributed by atoms with van der Waals surface area (Å²) in [5, 5.41) is 14.3. The van der Waals surface area contributed by atoms with Gasteiger partial charge in [-0.05, 0) is 59.6 Å². The monoisotopic (exact) mass is 394 g/mol. The van der Waals surface area contributed by atoms with Crippen molar-refractivity contribution in [1.29, 1.82) is 0 Å². The van der Waals surface area contributed by atoms with Crippen molar-refractivity contribution in [2.24, 2.45) is 5.92 Å². The van der Waals surface area contributed by atoms with Gasteiger partial charge in [-0.15, -0.1) is 0 Å². The van der Waals surface area contributed by atoms with Crippen molar-refractivity contribution in [2.75, 3.05) is 40.4 Å². The van der Waals surface area contributed by atoms with Crippen LogP contribution in [0.1, 0.15) is 40.4 Å². The van der Waals surface area contributed by atoms with Crippen molar-refractivity contribution in [3.05, 3.63) is 11.6 Å². The molecule has 3 fully saturated rings. The van der Waals surface area contributed by atoms with Crippen LogP contribution in [0.2, 0.25) is 0 Å². The first-order valence-electron chi connectivity index (χ1n) is 11.7. The predicted molar refractivity (Wildman–Crippen MR) is 111 cm³/mol. The summed E-state index contributed by atoms with van der Waals surface area (Å²) in [6.07, 6.45) is 8.40. The Bertz CT molecular complexity index is 553. The lowest BCUT2D eigenvalue weighted by atomic mass is 9.75. The van der Waals surface area contributed by atoms with Crippen LogP contribution in [0.5, 0.6) is 0 Å². The SMILES string of the molecule is [2H]CC1CC(NC)NC(NC2CC3OCCOC3C(C3=CCN(C)CCC3)C2)N1. The van der Waals surface area contributed by atoms with Crippen LogP contribution in [-0.2, 0) is 9.47 Å². The smallest absolute Gasteiger partial charge is 0.113 e. The van der Waals surface area contributed by atoms with E-state index in [0.29, 0.717) is 32.1 Å². The van der Waals surface area contributed by atoms with Crippen molar-refractivity contribution in [1.82, 2.24) is 26.2 Å². The number of likely N-dealkylation sites (N-methyl/N-ethyl adjacent to an activating group) is 1. The number of hydrogen-bond acceptors (Lipinski definition) is 7. The summed E-state index contributed by atoms with van der Waals surface area (Å²) in [4.78, 5) is 2.40. The highest BCUT2D eigenvalue weighted by Gasteiger charge is 2.43. The number of nitrogens with one attached hydrogen (secondary N) is 4. The summed E-state index contributed by atoms with van der Waals surface area (Å²) in [6, 6.07) is 0.560. The van der Waals surface area contributed by atoms with E-state index in [9.17, 15) is 0 Å². The molecular weight excluding hydrogens is 354 g/mol. The molecular formula is C21H39N5O2. The van der Waals surface area contributed by atoms with Gasteiger partial charge < -0.3 is 19.7 Å². The zero-order chi connectivity index (χ0) is 20.2. The first-order chi connectivity index (χ1) is 14.2. The van der Waals surface area contributed by atoms with Gasteiger partial charge in [0, 0.05) is 25.9 Å². The molecule has 1 aliphatic carbocycles. The summed E-state index contributed by atoms with van der Waals surface area (Å²) in [6.45, 7) is 4.00. The van der Waals surface area contributed by atoms with Gasteiger partial charge in [0.05, 0.1) is 31.6 Å². The largest absolute Gasteiger partial charge is 0.373 e. The van der Waals surface area contributed by atoms with E-state index >= 15 is 0 Å². The molecule has 2 saturated heterocycles. The van der Waals surface area contributed by atoms with Crippen LogP contribution in [-0.4, -0.2) is 82.0 Å². The molecule has 1 saturated carbocycles. The number of rotatable bonds is 4. The van der Waals surface area contributed by atoms with Crippen LogP contribution in [0.4, 0.5) is 0 Å². The van der Waals surface area contributed by atoms with Gasteiger partial charge >= 0.3 is 0 Å². The highest BCUT2D eigenvalue weighted by atomic mass is 16.6. The molecule has 3 aliphatic heterocycles. The van der Waals surface area contributed by atoms with Crippen LogP contribution >= 0.6 is 0 Å². The standard InChI is InChI=1S/C21H39N5O2/c1-14-11-19(22-2)25-21(23-14)24-16-12-17(15-5-4-7-26(3)8-6-15)20-18(13-16)27-9-10-28-20/h6,14,16-25H,4-5,7-13H2,1-3H3/i1D. The molecule has 7 atom stereocenters. The fraction of sp³-hybridized carbons (Fsp3) is 0.905. The number of fused-ring (bicyclic) bond motifs is 1. The van der Waals surface area contributed by atoms with Crippen LogP contribution in [0.3, 0.4) is 0 Å². The van der Waals surface area contributed by atoms with E-state index in [2.05, 4.69) is 39.3 Å². The Morgan fingerprint density at radius 3 is 2.96 bits per heavy atom. The normalized spacial score (nSPS) is 43.6. The fourth-order valence-corrected chi connectivity index (χ4v) is 5.27. The summed E-state index contributed by atoms with van der Waals surface area (Å²) in [5.41, 5.74) is 1.56. The van der Waals surface area contributed by atoms with Crippen LogP contribution < -0.4 is 21.3 Å². The van der Waals surface area contributed by atoms with E-state index in [4.69, 9.17) is 10.8 Å². The third-order valence-corrected chi connectivity index (χ3v) is 6.73. The Hall–Kier alpha value is -0.540. The average Bonchev–Trinajstić information content (AvgIpc) is 2.97. The lowest BCUT2D eigenvalue weighted by Gasteiger charge is -2.47. The van der Waals surface area contributed by atoms with Crippen molar-refractivity contribution < 1.29 is 10.8 Å². The second kappa shape index (κ2) is 9.51. The van der Waals surface area contributed by atoms with Crippen molar-refractivity contribution >= 4 is 0 Å². The van der Waals surface area contributed by atoms with Gasteiger partial charge in [0.25, 0.3) is 0 Å². The summed E-state index contributed by atoms with van der Waals surface area (Å²) < 4.78 is 20.2. The van der Waals surface area contributed by atoms with Gasteiger partial charge in [0.1, 0.15) is 6.29 Å². The first-order valence-corrected chi connectivity index (χ1v) is 11.0. The Kier molecular flexibility index (Phi) is 6.60. The van der Waals surface area contributed by atoms with E-state index in [0.717, 1.165) is 38.8 Å². The zero-order valence-electron chi connectivity index (χ0n) is 18.5. The minimum Gasteiger partial charge on any atom is -0.373 e. The van der Waals surface area contributed by atoms with E-state index in [1.807, 2.05) is 7.05 Å². The summed E-state index contributed by atoms with van der Waals surface area (Å²) >= 11 is 0. The minimum absolute atomic E-state index is 0.0116. The molecule has 0 aromatic heterocycles. The van der Waals surface area contributed by atoms with Crippen LogP contribution in [0, 0.1) is 5.92 Å². The molecule has 7 unspecified atom stereocenters. The summed E-state index contributed by atoms with van der Waals surface area (Å²) in [5.74, 6) is 0.425. The predicted octanol–water partition coefficient (Wildman–Crippen LogP) is 0.591. The Morgan fingerprint density at radius 1 is 1.21 bits per heavy atom. The highest BCUT2D eigenvalue weighted by Crippen LogP contribution is 2.38. The van der Waals surface area contributed by atoms with E-state index in [1.54, 1.807) is 5.57 Å². The van der Waals surface area contributed by atoms with E-state index < -0.39 is 0 Å². The Morgan fingerprint density at radius 2 is 2.11 bits per heavy atom. The van der Waals surface area contributed by atoms with E-state index in [-0.39, 0.29) is 30.7 Å². The van der Waals surface area contributed by atoms with Gasteiger partial charge in [-0.2, -0.15) is 0 Å². The molecule has 4 aliphatic rings. The number of hydrogen-bond donors (Lipinski definition) is 4. The molecule has 4 rings (SSSR count). The second-order valence-electron chi connectivity index (χ2n) is 8.87. The molecule has 0 aromatic carbocycles. The van der Waals surface area contributed by atoms with Crippen LogP contribution in [0.25, 0.3) is 0 Å². The first kappa shape index (κ1) is 19.4. The lowest BCUT2D eigenvalue weighted by molar-refractivity contribution is -0.173. The van der Waals surface area contributed by atoms with Crippen molar-refractivity contribution in [3.8, 4) is 0 Å². The fourth-order valence-electron chi connectivity index (χ4n) is 5.27. The van der Waals surface area contributed by atoms with Gasteiger partial charge in [0.2, 0.25) is 0 Å². The lowest BCUT2D eigenvalue weighted by Crippen LogP contribution is -2.68. The minimum atomic E-state index is 0.0116. The molecule has 160 valence electrons. The van der Waals surface area contributed by atoms with E-state index in [1.165, 1.54) is 6.42 Å². The third kappa shape index (κ3) is 4.95. The number of ether oxygens (including phenoxy) is 2. The second-order valence-corrected chi connectivity index (χ2v) is 8.87. The van der Waals surface area contributed by atoms with Crippen LogP contribution in [0.15, 0.2) is 11.6 Å². The van der Waals surface area contributed by atoms with Crippen molar-refractivity contribution in [2.45, 2.75) is 75.8 Å². The topological polar surface area (TPSA) is 69.8 Å². The molecule has 0 amide bonds. The molecule has 0 radical (unpaired) electrons. The average molecular weight is 395 g/mol. The van der Waals surface area contributed by atoms with Gasteiger partial charge in [-0.1, -0.05) is 11.6 Å². The molecule has 3 heterocycles. The zero-order valence-corrected chi connectivity index (χ0v) is 17.5. The molecule has 0 aromatic rings. The Labute approximate surface area is 171 Å². The van der Waals surface area contributed by atoms with Crippen molar-refractivity contribution in [3.63, 3.8) is 0 Å². The highest BCUT2D eigenvalue weighted by molar-refractivity contribution is 5.15. The molecule has 0 spiro atoms. The quantitative estimate of drug-likeness (QED) is 0.521. The summed E-state index contributed by atoms with van der Waals surface area (Å²) in [7, 11) is 4.18. The van der Waals surface area contributed by atoms with Gasteiger partial charge in [0.15, 0.2) is 0 Å². The molecule has 0 bridgehead atoms.